The lowest BCUT2D eigenvalue weighted by Gasteiger charge is -2.29. The summed E-state index contributed by atoms with van der Waals surface area (Å²) in [6, 6.07) is 10.6. The molecule has 150 valence electrons. The van der Waals surface area contributed by atoms with Crippen molar-refractivity contribution in [2.75, 3.05) is 19.6 Å². The summed E-state index contributed by atoms with van der Waals surface area (Å²) in [6.07, 6.45) is 3.29. The maximum atomic E-state index is 12.9. The fourth-order valence-corrected chi connectivity index (χ4v) is 5.48. The van der Waals surface area contributed by atoms with E-state index in [1.165, 1.54) is 4.31 Å². The molecule has 1 aromatic carbocycles. The Morgan fingerprint density at radius 1 is 1.21 bits per heavy atom. The third-order valence-electron chi connectivity index (χ3n) is 5.14. The van der Waals surface area contributed by atoms with Crippen LogP contribution in [0.15, 0.2) is 42.6 Å². The van der Waals surface area contributed by atoms with Gasteiger partial charge >= 0.3 is 0 Å². The summed E-state index contributed by atoms with van der Waals surface area (Å²) in [5.74, 6) is -0.477. The average molecular weight is 403 g/mol. The molecule has 1 aromatic heterocycles. The molecule has 1 amide bonds. The van der Waals surface area contributed by atoms with Gasteiger partial charge in [-0.15, -0.1) is 0 Å². The van der Waals surface area contributed by atoms with Crippen LogP contribution < -0.4 is 5.73 Å². The molecule has 0 unspecified atom stereocenters. The zero-order valence-electron chi connectivity index (χ0n) is 16.2. The first-order valence-electron chi connectivity index (χ1n) is 9.51. The first-order valence-corrected chi connectivity index (χ1v) is 10.9. The average Bonchev–Trinajstić information content (AvgIpc) is 3.20. The number of hydrogen-bond donors (Lipinski definition) is 1. The van der Waals surface area contributed by atoms with Gasteiger partial charge in [0.15, 0.2) is 0 Å². The lowest BCUT2D eigenvalue weighted by atomic mass is 10.0. The summed E-state index contributed by atoms with van der Waals surface area (Å²) in [5, 5.41) is 0. The number of carbonyl (C=O) groups is 1. The van der Waals surface area contributed by atoms with Crippen LogP contribution in [0.25, 0.3) is 11.1 Å². The number of amides is 1. The molecule has 0 saturated carbocycles. The lowest BCUT2D eigenvalue weighted by molar-refractivity contribution is 0.100. The molecule has 1 atom stereocenters. The minimum Gasteiger partial charge on any atom is -0.366 e. The Morgan fingerprint density at radius 2 is 1.96 bits per heavy atom. The van der Waals surface area contributed by atoms with Crippen LogP contribution in [0, 0.1) is 0 Å². The highest BCUT2D eigenvalue weighted by Gasteiger charge is 2.38. The van der Waals surface area contributed by atoms with E-state index in [2.05, 4.69) is 4.98 Å². The number of rotatable bonds is 7. The number of hydrogen-bond acceptors (Lipinski definition) is 4. The fraction of sp³-hybridized carbons (Fsp3) is 0.400. The van der Waals surface area contributed by atoms with E-state index in [9.17, 15) is 13.2 Å². The summed E-state index contributed by atoms with van der Waals surface area (Å²) < 4.78 is 28.9. The molecular weight excluding hydrogens is 376 g/mol. The van der Waals surface area contributed by atoms with E-state index < -0.39 is 16.1 Å². The predicted octanol–water partition coefficient (Wildman–Crippen LogP) is 2.57. The molecule has 0 bridgehead atoms. The van der Waals surface area contributed by atoms with Gasteiger partial charge in [0.05, 0.1) is 11.7 Å². The summed E-state index contributed by atoms with van der Waals surface area (Å²) in [4.78, 5) is 15.9. The fourth-order valence-electron chi connectivity index (χ4n) is 3.64. The van der Waals surface area contributed by atoms with Crippen molar-refractivity contribution in [2.24, 2.45) is 5.73 Å². The normalized spacial score (nSPS) is 17.9. The zero-order chi connectivity index (χ0) is 20.3. The van der Waals surface area contributed by atoms with Gasteiger partial charge < -0.3 is 5.73 Å². The first-order chi connectivity index (χ1) is 13.4. The van der Waals surface area contributed by atoms with Crippen LogP contribution in [0.3, 0.4) is 0 Å². The molecule has 1 aliphatic heterocycles. The first kappa shape index (κ1) is 20.4. The van der Waals surface area contributed by atoms with Crippen LogP contribution in [0.4, 0.5) is 0 Å². The number of pyridine rings is 1. The van der Waals surface area contributed by atoms with Gasteiger partial charge in [-0.3, -0.25) is 9.78 Å². The lowest BCUT2D eigenvalue weighted by Crippen LogP contribution is -2.43. The molecular formula is C20H26N4O3S. The van der Waals surface area contributed by atoms with Crippen LogP contribution in [0.2, 0.25) is 0 Å². The SMILES string of the molecule is CCN(CC)S(=O)(=O)N1CCC[C@@H]1c1ccc(-c2cccc(C(N)=O)c2)cn1. The van der Waals surface area contributed by atoms with Crippen molar-refractivity contribution in [1.29, 1.82) is 0 Å². The number of aromatic nitrogens is 1. The molecule has 8 heteroatoms. The minimum atomic E-state index is -3.50. The maximum absolute atomic E-state index is 12.9. The molecule has 0 aliphatic carbocycles. The molecule has 3 rings (SSSR count). The van der Waals surface area contributed by atoms with E-state index in [1.807, 2.05) is 32.0 Å². The van der Waals surface area contributed by atoms with Gasteiger partial charge in [-0.1, -0.05) is 32.0 Å². The summed E-state index contributed by atoms with van der Waals surface area (Å²) >= 11 is 0. The monoisotopic (exact) mass is 402 g/mol. The minimum absolute atomic E-state index is 0.253. The Labute approximate surface area is 166 Å². The van der Waals surface area contributed by atoms with Crippen molar-refractivity contribution in [1.82, 2.24) is 13.6 Å². The third kappa shape index (κ3) is 3.94. The van der Waals surface area contributed by atoms with Gasteiger partial charge in [0.1, 0.15) is 0 Å². The van der Waals surface area contributed by atoms with Crippen LogP contribution in [-0.2, 0) is 10.2 Å². The summed E-state index contributed by atoms with van der Waals surface area (Å²) in [5.41, 5.74) is 8.22. The van der Waals surface area contributed by atoms with Gasteiger partial charge in [0.2, 0.25) is 5.91 Å². The van der Waals surface area contributed by atoms with Crippen molar-refractivity contribution in [3.8, 4) is 11.1 Å². The van der Waals surface area contributed by atoms with E-state index in [0.29, 0.717) is 25.2 Å². The van der Waals surface area contributed by atoms with Gasteiger partial charge in [-0.25, -0.2) is 0 Å². The molecule has 7 nitrogen and oxygen atoms in total. The summed E-state index contributed by atoms with van der Waals surface area (Å²) in [6.45, 7) is 5.10. The zero-order valence-corrected chi connectivity index (χ0v) is 17.0. The number of nitrogens with two attached hydrogens (primary N) is 1. The van der Waals surface area contributed by atoms with Crippen LogP contribution in [0.1, 0.15) is 48.8 Å². The van der Waals surface area contributed by atoms with Crippen LogP contribution >= 0.6 is 0 Å². The van der Waals surface area contributed by atoms with Gasteiger partial charge in [-0.2, -0.15) is 17.0 Å². The molecule has 2 aromatic rings. The van der Waals surface area contributed by atoms with Crippen molar-refractivity contribution < 1.29 is 13.2 Å². The number of primary amides is 1. The Kier molecular flexibility index (Phi) is 6.12. The molecule has 2 heterocycles. The molecule has 1 saturated heterocycles. The van der Waals surface area contributed by atoms with E-state index >= 15 is 0 Å². The second-order valence-electron chi connectivity index (χ2n) is 6.78. The number of benzene rings is 1. The molecule has 28 heavy (non-hydrogen) atoms. The molecule has 1 aliphatic rings. The Balaban J connectivity index is 1.87. The highest BCUT2D eigenvalue weighted by atomic mass is 32.2. The number of carbonyl (C=O) groups excluding carboxylic acids is 1. The largest absolute Gasteiger partial charge is 0.366 e. The standard InChI is InChI=1S/C20H26N4O3S/c1-3-23(4-2)28(26,27)24-12-6-9-19(24)18-11-10-17(14-22-18)15-7-5-8-16(13-15)20(21)25/h5,7-8,10-11,13-14,19H,3-4,6,9,12H2,1-2H3,(H2,21,25)/t19-/m1/s1. The highest BCUT2D eigenvalue weighted by molar-refractivity contribution is 7.86. The predicted molar refractivity (Wildman–Crippen MR) is 109 cm³/mol. The quantitative estimate of drug-likeness (QED) is 0.770. The van der Waals surface area contributed by atoms with Crippen molar-refractivity contribution >= 4 is 16.1 Å². The summed E-state index contributed by atoms with van der Waals surface area (Å²) in [7, 11) is -3.50. The molecule has 0 radical (unpaired) electrons. The van der Waals surface area contributed by atoms with Gasteiger partial charge in [0.25, 0.3) is 10.2 Å². The topological polar surface area (TPSA) is 96.6 Å². The van der Waals surface area contributed by atoms with Gasteiger partial charge in [0, 0.05) is 37.0 Å². The van der Waals surface area contributed by atoms with Crippen LogP contribution in [-0.4, -0.2) is 47.6 Å². The highest BCUT2D eigenvalue weighted by Crippen LogP contribution is 2.35. The van der Waals surface area contributed by atoms with Crippen LogP contribution in [0.5, 0.6) is 0 Å². The molecule has 0 spiro atoms. The van der Waals surface area contributed by atoms with Crippen molar-refractivity contribution in [3.63, 3.8) is 0 Å². The Hall–Kier alpha value is -2.29. The van der Waals surface area contributed by atoms with E-state index in [4.69, 9.17) is 5.73 Å². The second-order valence-corrected chi connectivity index (χ2v) is 8.66. The third-order valence-corrected chi connectivity index (χ3v) is 7.34. The molecule has 1 fully saturated rings. The molecule has 2 N–H and O–H groups in total. The van der Waals surface area contributed by atoms with E-state index in [0.717, 1.165) is 29.7 Å². The van der Waals surface area contributed by atoms with Gasteiger partial charge in [-0.05, 0) is 36.6 Å². The smallest absolute Gasteiger partial charge is 0.282 e. The maximum Gasteiger partial charge on any atom is 0.282 e. The van der Waals surface area contributed by atoms with Crippen molar-refractivity contribution in [2.45, 2.75) is 32.7 Å². The van der Waals surface area contributed by atoms with Crippen molar-refractivity contribution in [3.05, 3.63) is 53.9 Å². The van der Waals surface area contributed by atoms with E-state index in [-0.39, 0.29) is 6.04 Å². The Morgan fingerprint density at radius 3 is 2.57 bits per heavy atom. The Bertz CT molecular complexity index is 940. The second kappa shape index (κ2) is 8.38. The van der Waals surface area contributed by atoms with E-state index in [1.54, 1.807) is 28.7 Å². The number of nitrogens with zero attached hydrogens (tertiary/aromatic N) is 3.